The number of carbonyl (C=O) groups excluding carboxylic acids is 1. The molecule has 0 aromatic rings. The first-order valence-electron chi connectivity index (χ1n) is 2.24. The average molecular weight is 128 g/mol. The van der Waals surface area contributed by atoms with Crippen LogP contribution < -0.4 is 0 Å². The first-order chi connectivity index (χ1) is 3.85. The monoisotopic (exact) mass is 128 g/mol. The molecule has 2 heteroatoms. The second-order valence-electron chi connectivity index (χ2n) is 1.31. The van der Waals surface area contributed by atoms with E-state index >= 15 is 0 Å². The average Bonchev–Trinajstić information content (AvgIpc) is 1.83. The van der Waals surface area contributed by atoms with Gasteiger partial charge in [0, 0.05) is 5.57 Å². The molecule has 44 valence electrons. The molecule has 0 aromatic heterocycles. The molecule has 8 heavy (non-hydrogen) atoms. The van der Waals surface area contributed by atoms with Crippen LogP contribution in [0.15, 0.2) is 23.6 Å². The Morgan fingerprint density at radius 2 is 2.38 bits per heavy atom. The van der Waals surface area contributed by atoms with Crippen LogP contribution in [0, 0.1) is 0 Å². The molecule has 0 saturated heterocycles. The van der Waals surface area contributed by atoms with Crippen LogP contribution in [0.4, 0.5) is 0 Å². The molecule has 0 aliphatic carbocycles. The first-order valence-corrected chi connectivity index (χ1v) is 2.76. The predicted octanol–water partition coefficient (Wildman–Crippen LogP) is 1.58. The van der Waals surface area contributed by atoms with Crippen molar-refractivity contribution in [3.8, 4) is 0 Å². The molecule has 0 aliphatic rings. The van der Waals surface area contributed by atoms with Gasteiger partial charge in [0.15, 0.2) is 0 Å². The van der Waals surface area contributed by atoms with Gasteiger partial charge in [-0.3, -0.25) is 4.79 Å². The minimum absolute atomic E-state index is 0.604. The third-order valence-corrected chi connectivity index (χ3v) is 1.03. The quantitative estimate of drug-likeness (QED) is 0.264. The lowest BCUT2D eigenvalue weighted by Crippen LogP contribution is -1.77. The third kappa shape index (κ3) is 2.64. The summed E-state index contributed by atoms with van der Waals surface area (Å²) in [4.78, 5) is 9.96. The molecular formula is C6H8OS. The van der Waals surface area contributed by atoms with E-state index in [-0.39, 0.29) is 0 Å². The van der Waals surface area contributed by atoms with E-state index in [1.54, 1.807) is 6.08 Å². The van der Waals surface area contributed by atoms with Gasteiger partial charge >= 0.3 is 0 Å². The maximum absolute atomic E-state index is 9.96. The number of hydrogen-bond acceptors (Lipinski definition) is 2. The summed E-state index contributed by atoms with van der Waals surface area (Å²) < 4.78 is 0. The maximum Gasteiger partial charge on any atom is 0.146 e. The van der Waals surface area contributed by atoms with E-state index in [0.29, 0.717) is 12.0 Å². The highest BCUT2D eigenvalue weighted by molar-refractivity contribution is 7.83. The molecule has 0 amide bonds. The largest absolute Gasteiger partial charge is 0.298 e. The number of hydrogen-bond donors (Lipinski definition) is 1. The van der Waals surface area contributed by atoms with Gasteiger partial charge in [-0.05, 0) is 11.8 Å². The number of thiol groups is 1. The highest BCUT2D eigenvalue weighted by Crippen LogP contribution is 1.97. The van der Waals surface area contributed by atoms with Crippen molar-refractivity contribution < 1.29 is 4.79 Å². The Bertz CT molecular complexity index is 116. The van der Waals surface area contributed by atoms with Crippen molar-refractivity contribution in [2.24, 2.45) is 0 Å². The first kappa shape index (κ1) is 7.50. The maximum atomic E-state index is 9.96. The van der Waals surface area contributed by atoms with Gasteiger partial charge in [-0.2, -0.15) is 12.6 Å². The van der Waals surface area contributed by atoms with Crippen molar-refractivity contribution in [2.75, 3.05) is 0 Å². The van der Waals surface area contributed by atoms with Gasteiger partial charge in [0.05, 0.1) is 0 Å². The normalized spacial score (nSPS) is 10.9. The van der Waals surface area contributed by atoms with Crippen LogP contribution in [0.25, 0.3) is 0 Å². The van der Waals surface area contributed by atoms with Crippen LogP contribution in [0.1, 0.15) is 6.42 Å². The SMILES string of the molecule is C=CC/C(C=O)=C\S. The van der Waals surface area contributed by atoms with Crippen LogP contribution in [-0.4, -0.2) is 6.29 Å². The lowest BCUT2D eigenvalue weighted by Gasteiger charge is -1.85. The van der Waals surface area contributed by atoms with Gasteiger partial charge in [0.1, 0.15) is 6.29 Å². The molecule has 0 aromatic carbocycles. The molecule has 0 N–H and O–H groups in total. The molecule has 0 spiro atoms. The Morgan fingerprint density at radius 3 is 2.50 bits per heavy atom. The van der Waals surface area contributed by atoms with E-state index in [9.17, 15) is 4.79 Å². The summed E-state index contributed by atoms with van der Waals surface area (Å²) in [5, 5.41) is 1.48. The van der Waals surface area contributed by atoms with Crippen LogP contribution >= 0.6 is 12.6 Å². The summed E-state index contributed by atoms with van der Waals surface area (Å²) in [6.45, 7) is 3.46. The van der Waals surface area contributed by atoms with Crippen LogP contribution in [0.5, 0.6) is 0 Å². The number of allylic oxidation sites excluding steroid dienone is 2. The molecule has 0 aliphatic heterocycles. The van der Waals surface area contributed by atoms with E-state index in [1.807, 2.05) is 0 Å². The minimum atomic E-state index is 0.604. The molecular weight excluding hydrogens is 120 g/mol. The highest BCUT2D eigenvalue weighted by atomic mass is 32.1. The van der Waals surface area contributed by atoms with E-state index in [1.165, 1.54) is 5.41 Å². The fourth-order valence-corrected chi connectivity index (χ4v) is 0.464. The van der Waals surface area contributed by atoms with Gasteiger partial charge < -0.3 is 0 Å². The van der Waals surface area contributed by atoms with Crippen LogP contribution in [0.2, 0.25) is 0 Å². The lowest BCUT2D eigenvalue weighted by molar-refractivity contribution is -0.104. The van der Waals surface area contributed by atoms with Gasteiger partial charge in [0.2, 0.25) is 0 Å². The molecule has 0 radical (unpaired) electrons. The molecule has 0 unspecified atom stereocenters. The number of aldehydes is 1. The van der Waals surface area contributed by atoms with E-state index in [4.69, 9.17) is 0 Å². The Balaban J connectivity index is 3.71. The van der Waals surface area contributed by atoms with Crippen molar-refractivity contribution >= 4 is 18.9 Å². The molecule has 1 nitrogen and oxygen atoms in total. The molecule has 0 fully saturated rings. The fourth-order valence-electron chi connectivity index (χ4n) is 0.298. The Kier molecular flexibility index (Phi) is 4.36. The third-order valence-electron chi connectivity index (χ3n) is 0.697. The lowest BCUT2D eigenvalue weighted by atomic mass is 10.2. The number of rotatable bonds is 3. The topological polar surface area (TPSA) is 17.1 Å². The van der Waals surface area contributed by atoms with E-state index in [2.05, 4.69) is 19.2 Å². The molecule has 0 bridgehead atoms. The fraction of sp³-hybridized carbons (Fsp3) is 0.167. The Morgan fingerprint density at radius 1 is 1.75 bits per heavy atom. The minimum Gasteiger partial charge on any atom is -0.298 e. The predicted molar refractivity (Wildman–Crippen MR) is 37.9 cm³/mol. The highest BCUT2D eigenvalue weighted by Gasteiger charge is 1.85. The van der Waals surface area contributed by atoms with E-state index < -0.39 is 0 Å². The molecule has 0 atom stereocenters. The summed E-state index contributed by atoms with van der Waals surface area (Å²) in [6.07, 6.45) is 3.04. The second kappa shape index (κ2) is 4.65. The van der Waals surface area contributed by atoms with Crippen LogP contribution in [-0.2, 0) is 4.79 Å². The summed E-state index contributed by atoms with van der Waals surface area (Å²) in [7, 11) is 0. The van der Waals surface area contributed by atoms with Crippen molar-refractivity contribution in [1.82, 2.24) is 0 Å². The standard InChI is InChI=1S/C6H8OS/c1-2-3-6(4-7)5-8/h2,4-5,8H,1,3H2/b6-5+. The van der Waals surface area contributed by atoms with Gasteiger partial charge in [0.25, 0.3) is 0 Å². The zero-order chi connectivity index (χ0) is 6.41. The summed E-state index contributed by atoms with van der Waals surface area (Å²) in [5.74, 6) is 0. The van der Waals surface area contributed by atoms with Crippen molar-refractivity contribution in [3.63, 3.8) is 0 Å². The molecule has 0 rings (SSSR count). The zero-order valence-electron chi connectivity index (χ0n) is 4.50. The van der Waals surface area contributed by atoms with Crippen LogP contribution in [0.3, 0.4) is 0 Å². The number of carbonyl (C=O) groups is 1. The van der Waals surface area contributed by atoms with Gasteiger partial charge in [-0.25, -0.2) is 0 Å². The summed E-state index contributed by atoms with van der Waals surface area (Å²) in [5.41, 5.74) is 0.656. The second-order valence-corrected chi connectivity index (χ2v) is 1.57. The van der Waals surface area contributed by atoms with Gasteiger partial charge in [-0.15, -0.1) is 6.58 Å². The summed E-state index contributed by atoms with van der Waals surface area (Å²) >= 11 is 3.79. The molecule has 0 saturated carbocycles. The van der Waals surface area contributed by atoms with Crippen molar-refractivity contribution in [2.45, 2.75) is 6.42 Å². The summed E-state index contributed by atoms with van der Waals surface area (Å²) in [6, 6.07) is 0. The van der Waals surface area contributed by atoms with Crippen molar-refractivity contribution in [1.29, 1.82) is 0 Å². The Hall–Kier alpha value is -0.500. The zero-order valence-corrected chi connectivity index (χ0v) is 5.40. The Labute approximate surface area is 54.5 Å². The van der Waals surface area contributed by atoms with E-state index in [0.717, 1.165) is 6.29 Å². The van der Waals surface area contributed by atoms with Crippen molar-refractivity contribution in [3.05, 3.63) is 23.6 Å². The smallest absolute Gasteiger partial charge is 0.146 e. The van der Waals surface area contributed by atoms with Gasteiger partial charge in [-0.1, -0.05) is 6.08 Å². The molecule has 0 heterocycles.